The molecule has 13 heavy (non-hydrogen) atoms. The SMILES string of the molecule is CC(NCCC1CCCC1)C(F)F. The van der Waals surface area contributed by atoms with Gasteiger partial charge in [0.05, 0.1) is 6.04 Å². The van der Waals surface area contributed by atoms with Crippen LogP contribution in [0.15, 0.2) is 0 Å². The van der Waals surface area contributed by atoms with Crippen LogP contribution in [0.3, 0.4) is 0 Å². The molecule has 1 nitrogen and oxygen atoms in total. The first-order valence-electron chi connectivity index (χ1n) is 5.21. The molecule has 1 N–H and O–H groups in total. The first-order valence-corrected chi connectivity index (χ1v) is 5.21. The summed E-state index contributed by atoms with van der Waals surface area (Å²) in [6, 6.07) is -0.651. The summed E-state index contributed by atoms with van der Waals surface area (Å²) in [6.45, 7) is 2.29. The van der Waals surface area contributed by atoms with E-state index in [1.807, 2.05) is 0 Å². The van der Waals surface area contributed by atoms with Crippen LogP contribution in [0.2, 0.25) is 0 Å². The lowest BCUT2D eigenvalue weighted by Gasteiger charge is -2.14. The van der Waals surface area contributed by atoms with Gasteiger partial charge in [0.15, 0.2) is 0 Å². The van der Waals surface area contributed by atoms with Gasteiger partial charge in [-0.05, 0) is 25.8 Å². The Bertz CT molecular complexity index is 131. The summed E-state index contributed by atoms with van der Waals surface area (Å²) < 4.78 is 24.1. The smallest absolute Gasteiger partial charge is 0.253 e. The summed E-state index contributed by atoms with van der Waals surface area (Å²) >= 11 is 0. The van der Waals surface area contributed by atoms with Crippen molar-refractivity contribution >= 4 is 0 Å². The zero-order chi connectivity index (χ0) is 9.68. The van der Waals surface area contributed by atoms with E-state index >= 15 is 0 Å². The van der Waals surface area contributed by atoms with E-state index < -0.39 is 12.5 Å². The van der Waals surface area contributed by atoms with Gasteiger partial charge in [-0.25, -0.2) is 8.78 Å². The van der Waals surface area contributed by atoms with Crippen LogP contribution in [0.25, 0.3) is 0 Å². The second-order valence-corrected chi connectivity index (χ2v) is 4.02. The molecule has 0 heterocycles. The third-order valence-electron chi connectivity index (χ3n) is 2.87. The van der Waals surface area contributed by atoms with Gasteiger partial charge in [-0.2, -0.15) is 0 Å². The van der Waals surface area contributed by atoms with Crippen molar-refractivity contribution in [2.75, 3.05) is 6.54 Å². The van der Waals surface area contributed by atoms with Crippen LogP contribution in [0.1, 0.15) is 39.0 Å². The van der Waals surface area contributed by atoms with Crippen molar-refractivity contribution in [3.05, 3.63) is 0 Å². The van der Waals surface area contributed by atoms with Crippen molar-refractivity contribution in [3.8, 4) is 0 Å². The summed E-state index contributed by atoms with van der Waals surface area (Å²) in [4.78, 5) is 0. The fourth-order valence-corrected chi connectivity index (χ4v) is 1.90. The lowest BCUT2D eigenvalue weighted by atomic mass is 10.0. The zero-order valence-corrected chi connectivity index (χ0v) is 8.23. The first kappa shape index (κ1) is 10.9. The Morgan fingerprint density at radius 1 is 1.31 bits per heavy atom. The molecule has 0 aliphatic heterocycles. The number of hydrogen-bond acceptors (Lipinski definition) is 1. The molecule has 1 fully saturated rings. The van der Waals surface area contributed by atoms with Gasteiger partial charge in [0.25, 0.3) is 6.43 Å². The second-order valence-electron chi connectivity index (χ2n) is 4.02. The standard InChI is InChI=1S/C10H19F2N/c1-8(10(11)12)13-7-6-9-4-2-3-5-9/h8-10,13H,2-7H2,1H3. The largest absolute Gasteiger partial charge is 0.309 e. The van der Waals surface area contributed by atoms with Crippen LogP contribution in [0.4, 0.5) is 8.78 Å². The molecule has 78 valence electrons. The Labute approximate surface area is 78.9 Å². The highest BCUT2D eigenvalue weighted by Gasteiger charge is 2.16. The second kappa shape index (κ2) is 5.53. The normalized spacial score (nSPS) is 21.2. The van der Waals surface area contributed by atoms with Crippen molar-refractivity contribution in [1.29, 1.82) is 0 Å². The molecule has 1 aliphatic rings. The number of rotatable bonds is 5. The lowest BCUT2D eigenvalue weighted by Crippen LogP contribution is -2.33. The van der Waals surface area contributed by atoms with E-state index in [2.05, 4.69) is 5.32 Å². The molecular weight excluding hydrogens is 172 g/mol. The van der Waals surface area contributed by atoms with E-state index in [4.69, 9.17) is 0 Å². The molecule has 1 saturated carbocycles. The molecule has 1 atom stereocenters. The predicted octanol–water partition coefficient (Wildman–Crippen LogP) is 2.81. The van der Waals surface area contributed by atoms with Gasteiger partial charge < -0.3 is 5.32 Å². The third-order valence-corrected chi connectivity index (χ3v) is 2.87. The molecule has 0 bridgehead atoms. The molecule has 0 spiro atoms. The van der Waals surface area contributed by atoms with Crippen LogP contribution in [-0.4, -0.2) is 19.0 Å². The van der Waals surface area contributed by atoms with Gasteiger partial charge in [0, 0.05) is 0 Å². The van der Waals surface area contributed by atoms with Crippen LogP contribution < -0.4 is 5.32 Å². The highest BCUT2D eigenvalue weighted by Crippen LogP contribution is 2.26. The fraction of sp³-hybridized carbons (Fsp3) is 1.00. The predicted molar refractivity (Wildman–Crippen MR) is 50.0 cm³/mol. The molecule has 3 heteroatoms. The molecule has 1 unspecified atom stereocenters. The van der Waals surface area contributed by atoms with Gasteiger partial charge in [-0.15, -0.1) is 0 Å². The molecule has 0 aromatic heterocycles. The quantitative estimate of drug-likeness (QED) is 0.704. The maximum absolute atomic E-state index is 12.1. The minimum atomic E-state index is -2.23. The molecule has 0 aromatic rings. The molecule has 0 amide bonds. The molecule has 1 rings (SSSR count). The van der Waals surface area contributed by atoms with Gasteiger partial charge in [0.2, 0.25) is 0 Å². The van der Waals surface area contributed by atoms with Gasteiger partial charge in [-0.1, -0.05) is 25.7 Å². The van der Waals surface area contributed by atoms with E-state index in [0.29, 0.717) is 0 Å². The van der Waals surface area contributed by atoms with Gasteiger partial charge >= 0.3 is 0 Å². The van der Waals surface area contributed by atoms with Crippen LogP contribution in [0, 0.1) is 5.92 Å². The topological polar surface area (TPSA) is 12.0 Å². The van der Waals surface area contributed by atoms with E-state index in [9.17, 15) is 8.78 Å². The minimum absolute atomic E-state index is 0.651. The van der Waals surface area contributed by atoms with E-state index in [1.165, 1.54) is 25.7 Å². The lowest BCUT2D eigenvalue weighted by molar-refractivity contribution is 0.105. The van der Waals surface area contributed by atoms with Crippen LogP contribution >= 0.6 is 0 Å². The highest BCUT2D eigenvalue weighted by molar-refractivity contribution is 4.70. The average molecular weight is 191 g/mol. The Balaban J connectivity index is 1.99. The summed E-state index contributed by atoms with van der Waals surface area (Å²) in [6.07, 6.45) is 4.08. The highest BCUT2D eigenvalue weighted by atomic mass is 19.3. The van der Waals surface area contributed by atoms with E-state index in [1.54, 1.807) is 6.92 Å². The maximum Gasteiger partial charge on any atom is 0.253 e. The first-order chi connectivity index (χ1) is 6.20. The summed E-state index contributed by atoms with van der Waals surface area (Å²) in [5.74, 6) is 0.789. The van der Waals surface area contributed by atoms with Crippen molar-refractivity contribution in [1.82, 2.24) is 5.32 Å². The van der Waals surface area contributed by atoms with Crippen molar-refractivity contribution < 1.29 is 8.78 Å². The van der Waals surface area contributed by atoms with E-state index in [-0.39, 0.29) is 0 Å². The molecule has 0 radical (unpaired) electrons. The Morgan fingerprint density at radius 3 is 2.46 bits per heavy atom. The molecule has 0 aromatic carbocycles. The molecular formula is C10H19F2N. The molecule has 0 saturated heterocycles. The monoisotopic (exact) mass is 191 g/mol. The van der Waals surface area contributed by atoms with Crippen LogP contribution in [-0.2, 0) is 0 Å². The van der Waals surface area contributed by atoms with Crippen molar-refractivity contribution in [2.24, 2.45) is 5.92 Å². The number of alkyl halides is 2. The van der Waals surface area contributed by atoms with Gasteiger partial charge in [0.1, 0.15) is 0 Å². The average Bonchev–Trinajstić information content (AvgIpc) is 2.56. The maximum atomic E-state index is 12.1. The summed E-state index contributed by atoms with van der Waals surface area (Å²) in [7, 11) is 0. The fourth-order valence-electron chi connectivity index (χ4n) is 1.90. The Kier molecular flexibility index (Phi) is 4.64. The minimum Gasteiger partial charge on any atom is -0.309 e. The van der Waals surface area contributed by atoms with Crippen molar-refractivity contribution in [2.45, 2.75) is 51.5 Å². The molecule has 1 aliphatic carbocycles. The summed E-state index contributed by atoms with van der Waals surface area (Å²) in [5.41, 5.74) is 0. The third kappa shape index (κ3) is 4.03. The van der Waals surface area contributed by atoms with E-state index in [0.717, 1.165) is 18.9 Å². The van der Waals surface area contributed by atoms with Gasteiger partial charge in [-0.3, -0.25) is 0 Å². The van der Waals surface area contributed by atoms with Crippen LogP contribution in [0.5, 0.6) is 0 Å². The van der Waals surface area contributed by atoms with Crippen molar-refractivity contribution in [3.63, 3.8) is 0 Å². The Hall–Kier alpha value is -0.180. The number of nitrogens with one attached hydrogen (secondary N) is 1. The summed E-state index contributed by atoms with van der Waals surface area (Å²) in [5, 5.41) is 2.86. The number of halogens is 2. The number of hydrogen-bond donors (Lipinski definition) is 1. The Morgan fingerprint density at radius 2 is 1.92 bits per heavy atom. The zero-order valence-electron chi connectivity index (χ0n) is 8.23.